The highest BCUT2D eigenvalue weighted by Gasteiger charge is 2.20. The molecule has 0 unspecified atom stereocenters. The van der Waals surface area contributed by atoms with Crippen LogP contribution in [-0.4, -0.2) is 31.4 Å². The quantitative estimate of drug-likeness (QED) is 0.363. The van der Waals surface area contributed by atoms with Crippen LogP contribution in [0.2, 0.25) is 0 Å². The molecule has 144 valence electrons. The molecule has 0 bridgehead atoms. The van der Waals surface area contributed by atoms with Crippen LogP contribution in [0.5, 0.6) is 5.75 Å². The second-order valence-corrected chi connectivity index (χ2v) is 7.19. The van der Waals surface area contributed by atoms with Gasteiger partial charge in [-0.1, -0.05) is 30.0 Å². The van der Waals surface area contributed by atoms with Crippen molar-refractivity contribution in [1.82, 2.24) is 10.2 Å². The number of nitrogens with zero attached hydrogens (tertiary/aromatic N) is 3. The van der Waals surface area contributed by atoms with Gasteiger partial charge in [0.15, 0.2) is 0 Å². The lowest BCUT2D eigenvalue weighted by atomic mass is 10.2. The van der Waals surface area contributed by atoms with E-state index in [-0.39, 0.29) is 28.5 Å². The van der Waals surface area contributed by atoms with E-state index in [1.54, 1.807) is 44.2 Å². The Morgan fingerprint density at radius 1 is 1.29 bits per heavy atom. The highest BCUT2D eigenvalue weighted by atomic mass is 32.2. The number of aromatic nitrogens is 2. The summed E-state index contributed by atoms with van der Waals surface area (Å²) in [5.74, 6) is -0.220. The number of hydrogen-bond donors (Lipinski definition) is 2. The van der Waals surface area contributed by atoms with Gasteiger partial charge in [0.05, 0.1) is 15.7 Å². The van der Waals surface area contributed by atoms with Crippen LogP contribution < -0.4 is 5.32 Å². The van der Waals surface area contributed by atoms with Gasteiger partial charge in [0, 0.05) is 17.3 Å². The Kier molecular flexibility index (Phi) is 5.59. The Labute approximate surface area is 163 Å². The monoisotopic (exact) mass is 400 g/mol. The van der Waals surface area contributed by atoms with Gasteiger partial charge < -0.3 is 14.8 Å². The molecule has 0 spiro atoms. The molecule has 0 aliphatic heterocycles. The molecule has 1 heterocycles. The lowest BCUT2D eigenvalue weighted by molar-refractivity contribution is -0.385. The third-order valence-corrected chi connectivity index (χ3v) is 4.80. The van der Waals surface area contributed by atoms with E-state index in [0.29, 0.717) is 16.8 Å². The number of nitro benzene ring substituents is 1. The summed E-state index contributed by atoms with van der Waals surface area (Å²) >= 11 is 1.04. The van der Waals surface area contributed by atoms with Crippen LogP contribution in [0, 0.1) is 17.0 Å². The van der Waals surface area contributed by atoms with Crippen LogP contribution in [0.1, 0.15) is 12.5 Å². The number of nitrogens with one attached hydrogen (secondary N) is 1. The van der Waals surface area contributed by atoms with Gasteiger partial charge in [0.2, 0.25) is 5.91 Å². The van der Waals surface area contributed by atoms with Crippen LogP contribution in [0.4, 0.5) is 11.4 Å². The van der Waals surface area contributed by atoms with Gasteiger partial charge in [0.1, 0.15) is 5.75 Å². The van der Waals surface area contributed by atoms with Crippen molar-refractivity contribution in [1.29, 1.82) is 0 Å². The molecule has 10 heteroatoms. The van der Waals surface area contributed by atoms with Crippen LogP contribution in [0.3, 0.4) is 0 Å². The van der Waals surface area contributed by atoms with Crippen LogP contribution in [0.15, 0.2) is 52.1 Å². The second kappa shape index (κ2) is 8.09. The summed E-state index contributed by atoms with van der Waals surface area (Å²) in [5, 5.41) is 30.8. The molecule has 1 aromatic heterocycles. The zero-order chi connectivity index (χ0) is 20.3. The Morgan fingerprint density at radius 3 is 2.75 bits per heavy atom. The van der Waals surface area contributed by atoms with E-state index in [1.165, 1.54) is 12.1 Å². The number of phenols is 1. The first-order valence-corrected chi connectivity index (χ1v) is 9.07. The number of amides is 1. The molecule has 1 atom stereocenters. The number of carbonyl (C=O) groups excluding carboxylic acids is 1. The topological polar surface area (TPSA) is 131 Å². The van der Waals surface area contributed by atoms with Crippen molar-refractivity contribution in [3.05, 3.63) is 58.1 Å². The maximum Gasteiger partial charge on any atom is 0.277 e. The second-order valence-electron chi connectivity index (χ2n) is 5.90. The first-order chi connectivity index (χ1) is 13.3. The Morgan fingerprint density at radius 2 is 2.04 bits per heavy atom. The van der Waals surface area contributed by atoms with Crippen molar-refractivity contribution in [2.45, 2.75) is 24.3 Å². The maximum atomic E-state index is 12.4. The fourth-order valence-corrected chi connectivity index (χ4v) is 3.04. The molecular formula is C18H16N4O5S. The first-order valence-electron chi connectivity index (χ1n) is 8.19. The van der Waals surface area contributed by atoms with Crippen molar-refractivity contribution in [3.63, 3.8) is 0 Å². The van der Waals surface area contributed by atoms with Crippen molar-refractivity contribution >= 4 is 29.0 Å². The number of thioether (sulfide) groups is 1. The van der Waals surface area contributed by atoms with Gasteiger partial charge in [-0.2, -0.15) is 0 Å². The van der Waals surface area contributed by atoms with Crippen molar-refractivity contribution in [2.24, 2.45) is 0 Å². The van der Waals surface area contributed by atoms with Gasteiger partial charge in [-0.3, -0.25) is 14.9 Å². The van der Waals surface area contributed by atoms with Gasteiger partial charge in [-0.15, -0.1) is 10.2 Å². The highest BCUT2D eigenvalue weighted by Crippen LogP contribution is 2.31. The molecule has 0 radical (unpaired) electrons. The fourth-order valence-electron chi connectivity index (χ4n) is 2.35. The van der Waals surface area contributed by atoms with E-state index >= 15 is 0 Å². The minimum atomic E-state index is -0.599. The Hall–Kier alpha value is -3.40. The predicted molar refractivity (Wildman–Crippen MR) is 103 cm³/mol. The SMILES string of the molecule is Cc1ccc(NC(=O)[C@@H](C)Sc2nnc(-c3ccccc3O)o2)cc1[N+](=O)[O-]. The van der Waals surface area contributed by atoms with E-state index in [0.717, 1.165) is 11.8 Å². The summed E-state index contributed by atoms with van der Waals surface area (Å²) in [7, 11) is 0. The molecule has 2 aromatic carbocycles. The van der Waals surface area contributed by atoms with Crippen molar-refractivity contribution in [3.8, 4) is 17.2 Å². The van der Waals surface area contributed by atoms with Crippen LogP contribution in [0.25, 0.3) is 11.5 Å². The van der Waals surface area contributed by atoms with E-state index in [9.17, 15) is 20.0 Å². The predicted octanol–water partition coefficient (Wildman–Crippen LogP) is 3.78. The molecule has 1 amide bonds. The van der Waals surface area contributed by atoms with E-state index < -0.39 is 10.2 Å². The highest BCUT2D eigenvalue weighted by molar-refractivity contribution is 8.00. The molecule has 0 fully saturated rings. The number of carbonyl (C=O) groups is 1. The lowest BCUT2D eigenvalue weighted by Crippen LogP contribution is -2.22. The summed E-state index contributed by atoms with van der Waals surface area (Å²) in [6.07, 6.45) is 0. The first kappa shape index (κ1) is 19.4. The van der Waals surface area contributed by atoms with Crippen molar-refractivity contribution < 1.29 is 19.2 Å². The van der Waals surface area contributed by atoms with Gasteiger partial charge in [0.25, 0.3) is 16.8 Å². The summed E-state index contributed by atoms with van der Waals surface area (Å²) in [6, 6.07) is 11.0. The largest absolute Gasteiger partial charge is 0.507 e. The average molecular weight is 400 g/mol. The minimum Gasteiger partial charge on any atom is -0.507 e. The summed E-state index contributed by atoms with van der Waals surface area (Å²) in [5.41, 5.74) is 1.16. The number of aromatic hydroxyl groups is 1. The molecule has 9 nitrogen and oxygen atoms in total. The number of rotatable bonds is 6. The van der Waals surface area contributed by atoms with E-state index in [4.69, 9.17) is 4.42 Å². The zero-order valence-electron chi connectivity index (χ0n) is 14.9. The summed E-state index contributed by atoms with van der Waals surface area (Å²) in [4.78, 5) is 22.9. The molecule has 0 aliphatic carbocycles. The van der Waals surface area contributed by atoms with Gasteiger partial charge in [-0.25, -0.2) is 0 Å². The Bertz CT molecular complexity index is 1040. The van der Waals surface area contributed by atoms with Crippen LogP contribution in [-0.2, 0) is 4.79 Å². The van der Waals surface area contributed by atoms with Crippen LogP contribution >= 0.6 is 11.8 Å². The molecule has 0 aliphatic rings. The lowest BCUT2D eigenvalue weighted by Gasteiger charge is -2.10. The molecule has 28 heavy (non-hydrogen) atoms. The normalized spacial score (nSPS) is 11.8. The summed E-state index contributed by atoms with van der Waals surface area (Å²) < 4.78 is 5.50. The van der Waals surface area contributed by atoms with Gasteiger partial charge in [-0.05, 0) is 32.0 Å². The number of para-hydroxylation sites is 1. The molecule has 0 saturated carbocycles. The number of benzene rings is 2. The van der Waals surface area contributed by atoms with Crippen molar-refractivity contribution in [2.75, 3.05) is 5.32 Å². The Balaban J connectivity index is 1.68. The number of nitro groups is 1. The van der Waals surface area contributed by atoms with E-state index in [1.807, 2.05) is 0 Å². The molecular weight excluding hydrogens is 384 g/mol. The summed E-state index contributed by atoms with van der Waals surface area (Å²) in [6.45, 7) is 3.27. The third-order valence-electron chi connectivity index (χ3n) is 3.86. The number of aryl methyl sites for hydroxylation is 1. The zero-order valence-corrected chi connectivity index (χ0v) is 15.8. The fraction of sp³-hybridized carbons (Fsp3) is 0.167. The standard InChI is InChI=1S/C18H16N4O5S/c1-10-7-8-12(9-14(10)22(25)26)19-16(24)11(2)28-18-21-20-17(27-18)13-5-3-4-6-15(13)23/h3-9,11,23H,1-2H3,(H,19,24)/t11-/m1/s1. The molecule has 0 saturated heterocycles. The smallest absolute Gasteiger partial charge is 0.277 e. The minimum absolute atomic E-state index is 0.00876. The molecule has 2 N–H and O–H groups in total. The third kappa shape index (κ3) is 4.29. The maximum absolute atomic E-state index is 12.4. The molecule has 3 aromatic rings. The van der Waals surface area contributed by atoms with E-state index in [2.05, 4.69) is 15.5 Å². The number of anilines is 1. The van der Waals surface area contributed by atoms with Gasteiger partial charge >= 0.3 is 0 Å². The average Bonchev–Trinajstić information content (AvgIpc) is 3.11. The number of phenolic OH excluding ortho intramolecular Hbond substituents is 1. The number of hydrogen-bond acceptors (Lipinski definition) is 8. The molecule has 3 rings (SSSR count).